The predicted molar refractivity (Wildman–Crippen MR) is 92.6 cm³/mol. The first-order chi connectivity index (χ1) is 12.1. The quantitative estimate of drug-likeness (QED) is 0.566. The van der Waals surface area contributed by atoms with Gasteiger partial charge >= 0.3 is 0 Å². The molecule has 0 saturated carbocycles. The molecule has 3 rings (SSSR count). The number of aromatic nitrogens is 2. The van der Waals surface area contributed by atoms with Crippen LogP contribution < -0.4 is 11.0 Å². The summed E-state index contributed by atoms with van der Waals surface area (Å²) in [4.78, 5) is 24.4. The molecule has 6 nitrogen and oxygen atoms in total. The summed E-state index contributed by atoms with van der Waals surface area (Å²) in [6.45, 7) is 1.74. The highest BCUT2D eigenvalue weighted by Crippen LogP contribution is 2.06. The number of hydrogen-bond donors (Lipinski definition) is 2. The summed E-state index contributed by atoms with van der Waals surface area (Å²) in [6, 6.07) is 14.2. The molecule has 0 radical (unpaired) electrons. The SMILES string of the molecule is Cc1[nH]n(-c2ccccc2)c(=O)c1C=NNC(=O)c1ccc(F)cc1. The molecule has 1 heterocycles. The second kappa shape index (κ2) is 6.96. The van der Waals surface area contributed by atoms with Crippen molar-refractivity contribution in [1.82, 2.24) is 15.2 Å². The smallest absolute Gasteiger partial charge is 0.280 e. The summed E-state index contributed by atoms with van der Waals surface area (Å²) < 4.78 is 14.3. The third kappa shape index (κ3) is 3.55. The molecule has 0 saturated heterocycles. The molecule has 0 atom stereocenters. The third-order valence-electron chi connectivity index (χ3n) is 3.60. The van der Waals surface area contributed by atoms with E-state index in [0.717, 1.165) is 0 Å². The summed E-state index contributed by atoms with van der Waals surface area (Å²) in [7, 11) is 0. The highest BCUT2D eigenvalue weighted by Gasteiger charge is 2.10. The van der Waals surface area contributed by atoms with Gasteiger partial charge in [0.15, 0.2) is 0 Å². The number of H-pyrrole nitrogens is 1. The van der Waals surface area contributed by atoms with Crippen LogP contribution in [0.4, 0.5) is 4.39 Å². The molecule has 2 aromatic carbocycles. The molecule has 0 bridgehead atoms. The van der Waals surface area contributed by atoms with E-state index in [2.05, 4.69) is 15.6 Å². The van der Waals surface area contributed by atoms with Gasteiger partial charge in [-0.2, -0.15) is 5.10 Å². The first-order valence-electron chi connectivity index (χ1n) is 7.52. The summed E-state index contributed by atoms with van der Waals surface area (Å²) in [5.74, 6) is -0.919. The summed E-state index contributed by atoms with van der Waals surface area (Å²) in [5.41, 5.74) is 3.97. The molecule has 2 N–H and O–H groups in total. The fraction of sp³-hybridized carbons (Fsp3) is 0.0556. The number of nitrogens with zero attached hydrogens (tertiary/aromatic N) is 2. The van der Waals surface area contributed by atoms with Gasteiger partial charge < -0.3 is 0 Å². The average Bonchev–Trinajstić information content (AvgIpc) is 2.91. The molecular weight excluding hydrogens is 323 g/mol. The Labute approximate surface area is 142 Å². The van der Waals surface area contributed by atoms with Crippen molar-refractivity contribution in [2.45, 2.75) is 6.92 Å². The zero-order valence-electron chi connectivity index (χ0n) is 13.4. The van der Waals surface area contributed by atoms with Crippen molar-refractivity contribution in [2.75, 3.05) is 0 Å². The van der Waals surface area contributed by atoms with Crippen molar-refractivity contribution in [2.24, 2.45) is 5.10 Å². The van der Waals surface area contributed by atoms with E-state index >= 15 is 0 Å². The summed E-state index contributed by atoms with van der Waals surface area (Å²) in [5, 5.41) is 6.78. The topological polar surface area (TPSA) is 79.2 Å². The van der Waals surface area contributed by atoms with Crippen LogP contribution in [0.1, 0.15) is 21.6 Å². The molecule has 0 spiro atoms. The van der Waals surface area contributed by atoms with E-state index < -0.39 is 11.7 Å². The number of hydrogen-bond acceptors (Lipinski definition) is 3. The van der Waals surface area contributed by atoms with Gasteiger partial charge in [-0.05, 0) is 43.3 Å². The zero-order chi connectivity index (χ0) is 17.8. The number of aromatic amines is 1. The number of carbonyl (C=O) groups is 1. The number of para-hydroxylation sites is 1. The lowest BCUT2D eigenvalue weighted by Gasteiger charge is -1.99. The first-order valence-corrected chi connectivity index (χ1v) is 7.52. The molecule has 1 aromatic heterocycles. The molecule has 0 aliphatic carbocycles. The Hall–Kier alpha value is -3.48. The molecule has 7 heteroatoms. The standard InChI is InChI=1S/C18H15FN4O2/c1-12-16(18(25)23(22-12)15-5-3-2-4-6-15)11-20-21-17(24)13-7-9-14(19)10-8-13/h2-11,22H,1H3,(H,21,24). The van der Waals surface area contributed by atoms with Crippen LogP contribution in [0.5, 0.6) is 0 Å². The van der Waals surface area contributed by atoms with Crippen LogP contribution in [-0.2, 0) is 0 Å². The van der Waals surface area contributed by atoms with E-state index in [4.69, 9.17) is 0 Å². The molecule has 0 aliphatic heterocycles. The number of nitrogens with one attached hydrogen (secondary N) is 2. The van der Waals surface area contributed by atoms with Gasteiger partial charge in [0.05, 0.1) is 17.5 Å². The van der Waals surface area contributed by atoms with E-state index in [1.54, 1.807) is 19.1 Å². The highest BCUT2D eigenvalue weighted by atomic mass is 19.1. The van der Waals surface area contributed by atoms with Gasteiger partial charge in [-0.1, -0.05) is 18.2 Å². The van der Waals surface area contributed by atoms with Crippen molar-refractivity contribution >= 4 is 12.1 Å². The highest BCUT2D eigenvalue weighted by molar-refractivity contribution is 5.94. The van der Waals surface area contributed by atoms with Crippen LogP contribution in [0.25, 0.3) is 5.69 Å². The molecule has 126 valence electrons. The van der Waals surface area contributed by atoms with Crippen LogP contribution >= 0.6 is 0 Å². The van der Waals surface area contributed by atoms with Crippen LogP contribution in [0.3, 0.4) is 0 Å². The number of halogens is 1. The number of amides is 1. The van der Waals surface area contributed by atoms with Gasteiger partial charge in [-0.25, -0.2) is 14.5 Å². The van der Waals surface area contributed by atoms with Crippen LogP contribution in [0, 0.1) is 12.7 Å². The minimum absolute atomic E-state index is 0.269. The fourth-order valence-corrected chi connectivity index (χ4v) is 2.29. The van der Waals surface area contributed by atoms with Gasteiger partial charge in [0.1, 0.15) is 5.82 Å². The molecular formula is C18H15FN4O2. The Kier molecular flexibility index (Phi) is 4.56. The van der Waals surface area contributed by atoms with E-state index in [9.17, 15) is 14.0 Å². The minimum Gasteiger partial charge on any atom is -0.295 e. The maximum absolute atomic E-state index is 12.9. The third-order valence-corrected chi connectivity index (χ3v) is 3.60. The summed E-state index contributed by atoms with van der Waals surface area (Å²) >= 11 is 0. The van der Waals surface area contributed by atoms with Gasteiger partial charge in [0.2, 0.25) is 0 Å². The molecule has 25 heavy (non-hydrogen) atoms. The Morgan fingerprint density at radius 2 is 1.84 bits per heavy atom. The monoisotopic (exact) mass is 338 g/mol. The van der Waals surface area contributed by atoms with E-state index in [0.29, 0.717) is 16.9 Å². The van der Waals surface area contributed by atoms with Crippen molar-refractivity contribution in [1.29, 1.82) is 0 Å². The van der Waals surface area contributed by atoms with Gasteiger partial charge in [0, 0.05) is 11.3 Å². The normalized spacial score (nSPS) is 11.0. The fourth-order valence-electron chi connectivity index (χ4n) is 2.29. The van der Waals surface area contributed by atoms with E-state index in [1.807, 2.05) is 18.2 Å². The number of hydrazone groups is 1. The van der Waals surface area contributed by atoms with E-state index in [1.165, 1.54) is 35.2 Å². The lowest BCUT2D eigenvalue weighted by Crippen LogP contribution is -2.20. The van der Waals surface area contributed by atoms with Crippen LogP contribution in [0.2, 0.25) is 0 Å². The van der Waals surface area contributed by atoms with Crippen molar-refractivity contribution in [3.05, 3.63) is 87.6 Å². The second-order valence-corrected chi connectivity index (χ2v) is 5.33. The molecule has 1 amide bonds. The maximum atomic E-state index is 12.9. The summed E-state index contributed by atoms with van der Waals surface area (Å²) in [6.07, 6.45) is 1.29. The van der Waals surface area contributed by atoms with Gasteiger partial charge in [-0.3, -0.25) is 14.7 Å². The van der Waals surface area contributed by atoms with Gasteiger partial charge in [-0.15, -0.1) is 0 Å². The Balaban J connectivity index is 1.78. The zero-order valence-corrected chi connectivity index (χ0v) is 13.4. The molecule has 0 fully saturated rings. The Bertz CT molecular complexity index is 973. The predicted octanol–water partition coefficient (Wildman–Crippen LogP) is 2.38. The number of benzene rings is 2. The first kappa shape index (κ1) is 16.4. The molecule has 3 aromatic rings. The van der Waals surface area contributed by atoms with E-state index in [-0.39, 0.29) is 11.1 Å². The maximum Gasteiger partial charge on any atom is 0.280 e. The number of aryl methyl sites for hydroxylation is 1. The Morgan fingerprint density at radius 1 is 1.16 bits per heavy atom. The van der Waals surface area contributed by atoms with Crippen molar-refractivity contribution in [3.8, 4) is 5.69 Å². The van der Waals surface area contributed by atoms with Gasteiger partial charge in [0.25, 0.3) is 11.5 Å². The average molecular weight is 338 g/mol. The molecule has 0 aliphatic rings. The van der Waals surface area contributed by atoms with Crippen LogP contribution in [-0.4, -0.2) is 21.9 Å². The molecule has 0 unspecified atom stereocenters. The number of carbonyl (C=O) groups excluding carboxylic acids is 1. The van der Waals surface area contributed by atoms with Crippen molar-refractivity contribution < 1.29 is 9.18 Å². The lowest BCUT2D eigenvalue weighted by molar-refractivity contribution is 0.0955. The minimum atomic E-state index is -0.493. The van der Waals surface area contributed by atoms with Crippen LogP contribution in [0.15, 0.2) is 64.5 Å². The Morgan fingerprint density at radius 3 is 2.52 bits per heavy atom. The lowest BCUT2D eigenvalue weighted by atomic mass is 10.2. The number of rotatable bonds is 4. The largest absolute Gasteiger partial charge is 0.295 e. The van der Waals surface area contributed by atoms with Crippen molar-refractivity contribution in [3.63, 3.8) is 0 Å². The second-order valence-electron chi connectivity index (χ2n) is 5.33.